The number of hydrogen-bond donors (Lipinski definition) is 1. The highest BCUT2D eigenvalue weighted by Gasteiger charge is 2.60. The van der Waals surface area contributed by atoms with Crippen molar-refractivity contribution in [3.8, 4) is 29.4 Å². The van der Waals surface area contributed by atoms with E-state index in [-0.39, 0.29) is 12.2 Å². The standard InChI is InChI=1S/C27H17ClF4N2O2/c1-36-21-12-9-18(10-13-21)17-34-24-14-11-20(29)16-22(24)26(27(30,31)32,33-25(34)35)15-5-4-7-19-6-2-3-8-23(19)28/h2-3,6,8-14,16H,17H2,1H3,(H,33,35)/t26-/m1/s1. The lowest BCUT2D eigenvalue weighted by atomic mass is 9.85. The molecule has 3 aromatic carbocycles. The largest absolute Gasteiger partial charge is 0.497 e. The number of benzene rings is 3. The van der Waals surface area contributed by atoms with Crippen LogP contribution in [0.5, 0.6) is 5.75 Å². The van der Waals surface area contributed by atoms with Crippen molar-refractivity contribution in [2.24, 2.45) is 0 Å². The van der Waals surface area contributed by atoms with E-state index in [1.807, 2.05) is 11.2 Å². The van der Waals surface area contributed by atoms with Crippen molar-refractivity contribution in [3.05, 3.63) is 94.3 Å². The first kappa shape index (κ1) is 25.0. The van der Waals surface area contributed by atoms with Crippen LogP contribution < -0.4 is 15.0 Å². The molecule has 1 aliphatic rings. The molecule has 1 atom stereocenters. The number of carbonyl (C=O) groups is 1. The first-order chi connectivity index (χ1) is 17.1. The molecule has 0 fully saturated rings. The molecule has 2 amide bonds. The number of methoxy groups -OCH3 is 1. The molecule has 36 heavy (non-hydrogen) atoms. The Labute approximate surface area is 209 Å². The van der Waals surface area contributed by atoms with Gasteiger partial charge in [-0.25, -0.2) is 9.18 Å². The van der Waals surface area contributed by atoms with Crippen LogP contribution in [-0.4, -0.2) is 19.3 Å². The lowest BCUT2D eigenvalue weighted by Gasteiger charge is -2.41. The zero-order chi connectivity index (χ0) is 25.9. The molecule has 0 spiro atoms. The Morgan fingerprint density at radius 1 is 1.06 bits per heavy atom. The summed E-state index contributed by atoms with van der Waals surface area (Å²) >= 11 is 6.01. The molecule has 3 aromatic rings. The van der Waals surface area contributed by atoms with Crippen LogP contribution in [0, 0.1) is 29.5 Å². The van der Waals surface area contributed by atoms with E-state index in [0.29, 0.717) is 21.9 Å². The summed E-state index contributed by atoms with van der Waals surface area (Å²) in [6.07, 6.45) is -5.09. The summed E-state index contributed by atoms with van der Waals surface area (Å²) < 4.78 is 62.8. The second-order valence-corrected chi connectivity index (χ2v) is 8.16. The number of halogens is 5. The predicted molar refractivity (Wildman–Crippen MR) is 128 cm³/mol. The van der Waals surface area contributed by atoms with Crippen LogP contribution in [-0.2, 0) is 12.1 Å². The number of urea groups is 1. The minimum atomic E-state index is -5.09. The van der Waals surface area contributed by atoms with Gasteiger partial charge < -0.3 is 10.1 Å². The molecule has 4 rings (SSSR count). The molecule has 0 bridgehead atoms. The summed E-state index contributed by atoms with van der Waals surface area (Å²) in [5.41, 5.74) is -2.85. The second kappa shape index (κ2) is 9.85. The Morgan fingerprint density at radius 2 is 1.78 bits per heavy atom. The van der Waals surface area contributed by atoms with Gasteiger partial charge in [-0.3, -0.25) is 4.90 Å². The van der Waals surface area contributed by atoms with Crippen molar-refractivity contribution in [1.29, 1.82) is 0 Å². The maximum atomic E-state index is 14.5. The van der Waals surface area contributed by atoms with Crippen molar-refractivity contribution in [2.45, 2.75) is 18.3 Å². The zero-order valence-corrected chi connectivity index (χ0v) is 19.5. The smallest absolute Gasteiger partial charge is 0.427 e. The number of alkyl halides is 3. The van der Waals surface area contributed by atoms with Gasteiger partial charge in [0.1, 0.15) is 11.6 Å². The number of fused-ring (bicyclic) bond motifs is 1. The molecular weight excluding hydrogens is 496 g/mol. The Morgan fingerprint density at radius 3 is 2.44 bits per heavy atom. The average molecular weight is 513 g/mol. The summed E-state index contributed by atoms with van der Waals surface area (Å²) in [6.45, 7) is -0.0673. The van der Waals surface area contributed by atoms with Gasteiger partial charge in [0.25, 0.3) is 0 Å². The van der Waals surface area contributed by atoms with Gasteiger partial charge in [-0.05, 0) is 65.8 Å². The summed E-state index contributed by atoms with van der Waals surface area (Å²) in [5, 5.41) is 2.27. The highest BCUT2D eigenvalue weighted by Crippen LogP contribution is 2.46. The van der Waals surface area contributed by atoms with E-state index in [1.54, 1.807) is 48.5 Å². The average Bonchev–Trinajstić information content (AvgIpc) is 2.84. The Balaban J connectivity index is 1.79. The fraction of sp³-hybridized carbons (Fsp3) is 0.148. The second-order valence-electron chi connectivity index (χ2n) is 7.75. The van der Waals surface area contributed by atoms with E-state index in [2.05, 4.69) is 17.8 Å². The number of anilines is 1. The summed E-state index contributed by atoms with van der Waals surface area (Å²) in [7, 11) is 1.49. The van der Waals surface area contributed by atoms with E-state index in [9.17, 15) is 22.4 Å². The third-order valence-corrected chi connectivity index (χ3v) is 5.83. The fourth-order valence-electron chi connectivity index (χ4n) is 3.70. The number of rotatable bonds is 3. The molecule has 4 nitrogen and oxygen atoms in total. The van der Waals surface area contributed by atoms with Gasteiger partial charge in [0, 0.05) is 11.1 Å². The predicted octanol–water partition coefficient (Wildman–Crippen LogP) is 6.03. The first-order valence-corrected chi connectivity index (χ1v) is 10.9. The quantitative estimate of drug-likeness (QED) is 0.344. The zero-order valence-electron chi connectivity index (χ0n) is 18.7. The molecule has 0 saturated carbocycles. The number of nitrogens with one attached hydrogen (secondary N) is 1. The molecule has 1 N–H and O–H groups in total. The van der Waals surface area contributed by atoms with Crippen molar-refractivity contribution in [2.75, 3.05) is 12.0 Å². The maximum Gasteiger partial charge on any atom is 0.427 e. The Kier molecular flexibility index (Phi) is 6.83. The van der Waals surface area contributed by atoms with Crippen LogP contribution >= 0.6 is 11.6 Å². The van der Waals surface area contributed by atoms with Crippen LogP contribution in [0.3, 0.4) is 0 Å². The summed E-state index contributed by atoms with van der Waals surface area (Å²) in [6, 6.07) is 15.0. The Bertz CT molecular complexity index is 1430. The van der Waals surface area contributed by atoms with Crippen LogP contribution in [0.1, 0.15) is 16.7 Å². The molecule has 0 aromatic heterocycles. The molecule has 0 unspecified atom stereocenters. The maximum absolute atomic E-state index is 14.5. The van der Waals surface area contributed by atoms with Gasteiger partial charge in [0.2, 0.25) is 5.54 Å². The number of amides is 2. The van der Waals surface area contributed by atoms with Crippen molar-refractivity contribution < 1.29 is 27.1 Å². The third-order valence-electron chi connectivity index (χ3n) is 5.50. The molecule has 9 heteroatoms. The lowest BCUT2D eigenvalue weighted by Crippen LogP contribution is -2.62. The van der Waals surface area contributed by atoms with Crippen molar-refractivity contribution in [3.63, 3.8) is 0 Å². The summed E-state index contributed by atoms with van der Waals surface area (Å²) in [5.74, 6) is 8.82. The lowest BCUT2D eigenvalue weighted by molar-refractivity contribution is -0.179. The van der Waals surface area contributed by atoms with E-state index < -0.39 is 29.1 Å². The number of carbonyl (C=O) groups excluding carboxylic acids is 1. The number of nitrogens with zero attached hydrogens (tertiary/aromatic N) is 1. The van der Waals surface area contributed by atoms with Crippen LogP contribution in [0.4, 0.5) is 28.0 Å². The highest BCUT2D eigenvalue weighted by atomic mass is 35.5. The highest BCUT2D eigenvalue weighted by molar-refractivity contribution is 6.31. The van der Waals surface area contributed by atoms with E-state index in [4.69, 9.17) is 16.3 Å². The first-order valence-electron chi connectivity index (χ1n) is 10.5. The van der Waals surface area contributed by atoms with Crippen LogP contribution in [0.15, 0.2) is 66.7 Å². The summed E-state index contributed by atoms with van der Waals surface area (Å²) in [4.78, 5) is 14.1. The molecule has 1 aliphatic heterocycles. The molecule has 0 saturated heterocycles. The monoisotopic (exact) mass is 512 g/mol. The van der Waals surface area contributed by atoms with Crippen LogP contribution in [0.25, 0.3) is 0 Å². The van der Waals surface area contributed by atoms with Gasteiger partial charge in [-0.1, -0.05) is 41.8 Å². The minimum Gasteiger partial charge on any atom is -0.497 e. The third kappa shape index (κ3) is 4.82. The molecule has 182 valence electrons. The van der Waals surface area contributed by atoms with E-state index >= 15 is 0 Å². The van der Waals surface area contributed by atoms with E-state index in [1.165, 1.54) is 7.11 Å². The molecule has 0 radical (unpaired) electrons. The molecule has 1 heterocycles. The van der Waals surface area contributed by atoms with Gasteiger partial charge in [-0.15, -0.1) is 0 Å². The topological polar surface area (TPSA) is 41.6 Å². The van der Waals surface area contributed by atoms with Gasteiger partial charge in [-0.2, -0.15) is 13.2 Å². The van der Waals surface area contributed by atoms with Crippen molar-refractivity contribution in [1.82, 2.24) is 5.32 Å². The molecular formula is C27H17ClF4N2O2. The number of ether oxygens (including phenoxy) is 1. The van der Waals surface area contributed by atoms with Crippen molar-refractivity contribution >= 4 is 23.3 Å². The fourth-order valence-corrected chi connectivity index (χ4v) is 3.88. The normalized spacial score (nSPS) is 16.6. The van der Waals surface area contributed by atoms with Gasteiger partial charge in [0.05, 0.1) is 24.4 Å². The van der Waals surface area contributed by atoms with Crippen LogP contribution in [0.2, 0.25) is 5.02 Å². The minimum absolute atomic E-state index is 0.0673. The van der Waals surface area contributed by atoms with E-state index in [0.717, 1.165) is 23.1 Å². The van der Waals surface area contributed by atoms with Gasteiger partial charge >= 0.3 is 12.2 Å². The SMILES string of the molecule is COc1ccc(CN2C(=O)N[C@@](C#CC#Cc3ccccc3Cl)(C(F)(F)F)c3cc(F)ccc32)cc1. The molecule has 0 aliphatic carbocycles. The Hall–Kier alpha value is -4.14. The van der Waals surface area contributed by atoms with Gasteiger partial charge in [0.15, 0.2) is 0 Å². The number of hydrogen-bond acceptors (Lipinski definition) is 2.